The van der Waals surface area contributed by atoms with Crippen LogP contribution in [0.5, 0.6) is 5.88 Å². The first kappa shape index (κ1) is 12.9. The average Bonchev–Trinajstić information content (AvgIpc) is 2.22. The Hall–Kier alpha value is -1.52. The molecule has 0 amide bonds. The van der Waals surface area contributed by atoms with Crippen LogP contribution in [-0.2, 0) is 0 Å². The van der Waals surface area contributed by atoms with Gasteiger partial charge in [-0.2, -0.15) is 0 Å². The molecule has 3 N–H and O–H groups in total. The van der Waals surface area contributed by atoms with Crippen LogP contribution in [0.4, 0.5) is 5.69 Å². The molecule has 1 heterocycles. The molecule has 1 saturated carbocycles. The molecule has 0 radical (unpaired) electrons. The van der Waals surface area contributed by atoms with Crippen LogP contribution in [-0.4, -0.2) is 16.1 Å². The summed E-state index contributed by atoms with van der Waals surface area (Å²) in [4.78, 5) is 17.8. The monoisotopic (exact) mass is 251 g/mol. The first-order valence-electron chi connectivity index (χ1n) is 6.37. The highest BCUT2D eigenvalue weighted by atomic mass is 16.5. The molecule has 0 spiro atoms. The Morgan fingerprint density at radius 1 is 1.50 bits per heavy atom. The first-order chi connectivity index (χ1) is 8.37. The third-order valence-electron chi connectivity index (χ3n) is 3.48. The molecule has 2 rings (SSSR count). The number of H-pyrrole nitrogens is 1. The zero-order chi connectivity index (χ0) is 13.3. The number of ether oxygens (including phenoxy) is 1. The quantitative estimate of drug-likeness (QED) is 0.841. The summed E-state index contributed by atoms with van der Waals surface area (Å²) in [5, 5.41) is 0. The van der Waals surface area contributed by atoms with E-state index in [9.17, 15) is 4.79 Å². The first-order valence-corrected chi connectivity index (χ1v) is 6.37. The Bertz CT molecular complexity index is 481. The van der Waals surface area contributed by atoms with Crippen molar-refractivity contribution in [1.82, 2.24) is 9.97 Å². The van der Waals surface area contributed by atoms with Crippen LogP contribution < -0.4 is 16.0 Å². The van der Waals surface area contributed by atoms with Crippen LogP contribution in [0.3, 0.4) is 0 Å². The zero-order valence-electron chi connectivity index (χ0n) is 11.2. The van der Waals surface area contributed by atoms with E-state index in [4.69, 9.17) is 10.5 Å². The van der Waals surface area contributed by atoms with Crippen molar-refractivity contribution in [3.05, 3.63) is 16.7 Å². The fourth-order valence-electron chi connectivity index (χ4n) is 2.99. The topological polar surface area (TPSA) is 81.0 Å². The van der Waals surface area contributed by atoms with Crippen LogP contribution in [0.25, 0.3) is 0 Å². The minimum absolute atomic E-state index is 0.0635. The molecule has 0 aliphatic heterocycles. The number of hydrogen-bond donors (Lipinski definition) is 2. The average molecular weight is 251 g/mol. The van der Waals surface area contributed by atoms with Gasteiger partial charge in [0.2, 0.25) is 5.88 Å². The number of aromatic nitrogens is 2. The molecule has 5 heteroatoms. The van der Waals surface area contributed by atoms with Crippen LogP contribution in [0.15, 0.2) is 11.1 Å². The van der Waals surface area contributed by atoms with Crippen LogP contribution >= 0.6 is 0 Å². The second kappa shape index (κ2) is 4.63. The molecular weight excluding hydrogens is 230 g/mol. The van der Waals surface area contributed by atoms with Gasteiger partial charge in [-0.1, -0.05) is 20.8 Å². The minimum Gasteiger partial charge on any atom is -0.473 e. The highest BCUT2D eigenvalue weighted by molar-refractivity contribution is 5.44. The summed E-state index contributed by atoms with van der Waals surface area (Å²) in [6.07, 6.45) is 4.56. The van der Waals surface area contributed by atoms with E-state index in [0.717, 1.165) is 12.8 Å². The number of aromatic amines is 1. The summed E-state index contributed by atoms with van der Waals surface area (Å²) < 4.78 is 5.82. The molecular formula is C13H21N3O2. The van der Waals surface area contributed by atoms with Gasteiger partial charge in [-0.15, -0.1) is 0 Å². The van der Waals surface area contributed by atoms with E-state index in [-0.39, 0.29) is 28.6 Å². The van der Waals surface area contributed by atoms with Gasteiger partial charge < -0.3 is 15.5 Å². The number of hydrogen-bond acceptors (Lipinski definition) is 4. The van der Waals surface area contributed by atoms with E-state index in [1.807, 2.05) is 0 Å². The Morgan fingerprint density at radius 3 is 2.89 bits per heavy atom. The molecule has 1 aromatic rings. The van der Waals surface area contributed by atoms with Gasteiger partial charge in [-0.05, 0) is 30.6 Å². The molecule has 5 nitrogen and oxygen atoms in total. The van der Waals surface area contributed by atoms with Crippen molar-refractivity contribution < 1.29 is 4.74 Å². The maximum absolute atomic E-state index is 11.4. The predicted octanol–water partition coefficient (Wildman–Crippen LogP) is 1.95. The molecule has 0 aromatic carbocycles. The van der Waals surface area contributed by atoms with E-state index in [0.29, 0.717) is 5.92 Å². The normalized spacial score (nSPS) is 26.8. The zero-order valence-corrected chi connectivity index (χ0v) is 11.2. The van der Waals surface area contributed by atoms with Crippen LogP contribution in [0.2, 0.25) is 0 Å². The van der Waals surface area contributed by atoms with E-state index in [2.05, 4.69) is 30.7 Å². The van der Waals surface area contributed by atoms with Crippen molar-refractivity contribution in [2.24, 2.45) is 11.3 Å². The summed E-state index contributed by atoms with van der Waals surface area (Å²) >= 11 is 0. The summed E-state index contributed by atoms with van der Waals surface area (Å²) in [6, 6.07) is 0. The maximum Gasteiger partial charge on any atom is 0.277 e. The van der Waals surface area contributed by atoms with Crippen LogP contribution in [0.1, 0.15) is 40.0 Å². The molecule has 1 aliphatic carbocycles. The van der Waals surface area contributed by atoms with E-state index >= 15 is 0 Å². The van der Waals surface area contributed by atoms with Gasteiger partial charge >= 0.3 is 0 Å². The lowest BCUT2D eigenvalue weighted by Crippen LogP contribution is -2.35. The highest BCUT2D eigenvalue weighted by Gasteiger charge is 2.33. The second-order valence-electron chi connectivity index (χ2n) is 6.10. The molecule has 0 saturated heterocycles. The Kier molecular flexibility index (Phi) is 3.32. The van der Waals surface area contributed by atoms with Crippen molar-refractivity contribution in [2.45, 2.75) is 46.1 Å². The van der Waals surface area contributed by atoms with Crippen molar-refractivity contribution in [1.29, 1.82) is 0 Å². The molecule has 0 bridgehead atoms. The third kappa shape index (κ3) is 2.83. The summed E-state index contributed by atoms with van der Waals surface area (Å²) in [5.74, 6) is 0.871. The molecule has 2 unspecified atom stereocenters. The molecule has 18 heavy (non-hydrogen) atoms. The minimum atomic E-state index is -0.344. The van der Waals surface area contributed by atoms with Crippen molar-refractivity contribution >= 4 is 5.69 Å². The fourth-order valence-corrected chi connectivity index (χ4v) is 2.99. The van der Waals surface area contributed by atoms with Gasteiger partial charge in [0, 0.05) is 0 Å². The van der Waals surface area contributed by atoms with Gasteiger partial charge in [0.05, 0.1) is 6.33 Å². The Labute approximate surface area is 107 Å². The number of nitrogens with one attached hydrogen (secondary N) is 1. The van der Waals surface area contributed by atoms with E-state index in [1.165, 1.54) is 12.7 Å². The largest absolute Gasteiger partial charge is 0.473 e. The summed E-state index contributed by atoms with van der Waals surface area (Å²) in [5.41, 5.74) is 5.65. The lowest BCUT2D eigenvalue weighted by Gasteiger charge is -2.38. The highest BCUT2D eigenvalue weighted by Crippen LogP contribution is 2.39. The van der Waals surface area contributed by atoms with E-state index in [1.54, 1.807) is 0 Å². The van der Waals surface area contributed by atoms with Gasteiger partial charge in [-0.25, -0.2) is 4.98 Å². The number of anilines is 1. The molecule has 1 aliphatic rings. The van der Waals surface area contributed by atoms with Gasteiger partial charge in [-0.3, -0.25) is 4.79 Å². The second-order valence-corrected chi connectivity index (χ2v) is 6.10. The lowest BCUT2D eigenvalue weighted by atomic mass is 9.71. The third-order valence-corrected chi connectivity index (χ3v) is 3.48. The Balaban J connectivity index is 2.14. The standard InChI is InChI=1S/C13H21N3O2/c1-8-4-9(6-13(2,3)5-8)18-12-10(14)11(17)15-7-16-12/h7-9H,4-6,14H2,1-3H3,(H,15,16,17). The number of nitrogens with two attached hydrogens (primary N) is 1. The maximum atomic E-state index is 11.4. The Morgan fingerprint density at radius 2 is 2.22 bits per heavy atom. The molecule has 100 valence electrons. The van der Waals surface area contributed by atoms with Gasteiger partial charge in [0.25, 0.3) is 5.56 Å². The molecule has 1 fully saturated rings. The summed E-state index contributed by atoms with van der Waals surface area (Å²) in [7, 11) is 0. The van der Waals surface area contributed by atoms with Crippen molar-refractivity contribution in [2.75, 3.05) is 5.73 Å². The van der Waals surface area contributed by atoms with Gasteiger partial charge in [0.15, 0.2) is 5.69 Å². The smallest absolute Gasteiger partial charge is 0.277 e. The van der Waals surface area contributed by atoms with Crippen LogP contribution in [0, 0.1) is 11.3 Å². The lowest BCUT2D eigenvalue weighted by molar-refractivity contribution is 0.0536. The van der Waals surface area contributed by atoms with Crippen molar-refractivity contribution in [3.8, 4) is 5.88 Å². The number of nitrogen functional groups attached to an aromatic ring is 1. The van der Waals surface area contributed by atoms with Crippen molar-refractivity contribution in [3.63, 3.8) is 0 Å². The number of rotatable bonds is 2. The van der Waals surface area contributed by atoms with Gasteiger partial charge in [0.1, 0.15) is 6.10 Å². The SMILES string of the molecule is CC1CC(Oc2nc[nH]c(=O)c2N)CC(C)(C)C1. The molecule has 2 atom stereocenters. The number of nitrogens with zero attached hydrogens (tertiary/aromatic N) is 1. The summed E-state index contributed by atoms with van der Waals surface area (Å²) in [6.45, 7) is 6.72. The fraction of sp³-hybridized carbons (Fsp3) is 0.692. The van der Waals surface area contributed by atoms with E-state index < -0.39 is 0 Å². The molecule has 1 aromatic heterocycles. The predicted molar refractivity (Wildman–Crippen MR) is 70.5 cm³/mol.